The minimum Gasteiger partial charge on any atom is -0.462 e. The summed E-state index contributed by atoms with van der Waals surface area (Å²) in [6.07, 6.45) is 1.28. The number of carbonyl (C=O) groups is 2. The number of ether oxygens (including phenoxy) is 1. The van der Waals surface area contributed by atoms with Crippen LogP contribution in [0, 0.1) is 11.3 Å². The van der Waals surface area contributed by atoms with Crippen molar-refractivity contribution in [2.24, 2.45) is 0 Å². The second kappa shape index (κ2) is 9.25. The average Bonchev–Trinajstić information content (AvgIpc) is 2.64. The number of nitrogens with one attached hydrogen (secondary N) is 2. The van der Waals surface area contributed by atoms with Crippen LogP contribution < -0.4 is 10.6 Å². The van der Waals surface area contributed by atoms with Crippen molar-refractivity contribution in [2.45, 2.75) is 6.92 Å². The van der Waals surface area contributed by atoms with Gasteiger partial charge in [-0.15, -0.1) is 0 Å². The molecule has 2 rings (SSSR count). The van der Waals surface area contributed by atoms with E-state index in [4.69, 9.17) is 16.3 Å². The van der Waals surface area contributed by atoms with E-state index < -0.39 is 11.9 Å². The Morgan fingerprint density at radius 1 is 1.19 bits per heavy atom. The second-order valence-electron chi connectivity index (χ2n) is 5.05. The van der Waals surface area contributed by atoms with Crippen molar-refractivity contribution in [1.82, 2.24) is 0 Å². The van der Waals surface area contributed by atoms with E-state index >= 15 is 0 Å². The maximum atomic E-state index is 12.2. The molecule has 0 bridgehead atoms. The first-order valence-corrected chi connectivity index (χ1v) is 8.12. The summed E-state index contributed by atoms with van der Waals surface area (Å²) in [7, 11) is 0. The van der Waals surface area contributed by atoms with Crippen LogP contribution >= 0.6 is 11.6 Å². The lowest BCUT2D eigenvalue weighted by atomic mass is 10.2. The second-order valence-corrected chi connectivity index (χ2v) is 5.45. The number of nitrogens with zero attached hydrogens (tertiary/aromatic N) is 1. The minimum absolute atomic E-state index is 0.126. The van der Waals surface area contributed by atoms with Crippen LogP contribution in [0.25, 0.3) is 0 Å². The van der Waals surface area contributed by atoms with Crippen LogP contribution in [0.3, 0.4) is 0 Å². The highest BCUT2D eigenvalue weighted by molar-refractivity contribution is 6.33. The van der Waals surface area contributed by atoms with Gasteiger partial charge in [-0.1, -0.05) is 23.7 Å². The lowest BCUT2D eigenvalue weighted by Crippen LogP contribution is -2.14. The predicted molar refractivity (Wildman–Crippen MR) is 99.8 cm³/mol. The number of esters is 1. The molecule has 0 radical (unpaired) electrons. The maximum Gasteiger partial charge on any atom is 0.338 e. The molecule has 7 heteroatoms. The number of hydrogen-bond donors (Lipinski definition) is 2. The van der Waals surface area contributed by atoms with E-state index in [1.807, 2.05) is 6.07 Å². The van der Waals surface area contributed by atoms with Crippen molar-refractivity contribution in [3.63, 3.8) is 0 Å². The summed E-state index contributed by atoms with van der Waals surface area (Å²) in [4.78, 5) is 23.8. The van der Waals surface area contributed by atoms with Crippen LogP contribution in [0.5, 0.6) is 0 Å². The van der Waals surface area contributed by atoms with E-state index in [1.54, 1.807) is 43.3 Å². The Hall–Kier alpha value is -3.30. The number of rotatable bonds is 6. The zero-order valence-electron chi connectivity index (χ0n) is 14.0. The van der Waals surface area contributed by atoms with Crippen molar-refractivity contribution in [3.8, 4) is 6.07 Å². The monoisotopic (exact) mass is 369 g/mol. The fourth-order valence-corrected chi connectivity index (χ4v) is 2.17. The molecule has 132 valence electrons. The van der Waals surface area contributed by atoms with Crippen molar-refractivity contribution in [2.75, 3.05) is 17.2 Å². The van der Waals surface area contributed by atoms with Crippen LogP contribution in [0.2, 0.25) is 5.02 Å². The average molecular weight is 370 g/mol. The Bertz CT molecular complexity index is 870. The Morgan fingerprint density at radius 3 is 2.50 bits per heavy atom. The van der Waals surface area contributed by atoms with Gasteiger partial charge in [-0.3, -0.25) is 4.79 Å². The zero-order valence-corrected chi connectivity index (χ0v) is 14.7. The summed E-state index contributed by atoms with van der Waals surface area (Å²) < 4.78 is 4.89. The van der Waals surface area contributed by atoms with Crippen molar-refractivity contribution in [3.05, 3.63) is 70.9 Å². The highest BCUT2D eigenvalue weighted by Crippen LogP contribution is 2.20. The number of amides is 1. The lowest BCUT2D eigenvalue weighted by Gasteiger charge is -2.07. The number of nitriles is 1. The summed E-state index contributed by atoms with van der Waals surface area (Å²) in [6, 6.07) is 15.0. The maximum absolute atomic E-state index is 12.2. The summed E-state index contributed by atoms with van der Waals surface area (Å²) >= 11 is 6.01. The van der Waals surface area contributed by atoms with Gasteiger partial charge in [0.05, 0.1) is 22.9 Å². The van der Waals surface area contributed by atoms with Gasteiger partial charge in [-0.25, -0.2) is 4.79 Å². The van der Waals surface area contributed by atoms with E-state index in [-0.39, 0.29) is 12.2 Å². The normalized spacial score (nSPS) is 10.6. The van der Waals surface area contributed by atoms with Crippen molar-refractivity contribution < 1.29 is 14.3 Å². The van der Waals surface area contributed by atoms with Crippen LogP contribution in [0.15, 0.2) is 60.3 Å². The smallest absolute Gasteiger partial charge is 0.338 e. The topological polar surface area (TPSA) is 91.2 Å². The molecule has 1 amide bonds. The summed E-state index contributed by atoms with van der Waals surface area (Å²) in [6.45, 7) is 2.00. The Labute approximate surface area is 156 Å². The van der Waals surface area contributed by atoms with Gasteiger partial charge in [-0.2, -0.15) is 5.26 Å². The molecule has 0 unspecified atom stereocenters. The number of halogens is 1. The van der Waals surface area contributed by atoms with Crippen LogP contribution in [-0.2, 0) is 9.53 Å². The molecular weight excluding hydrogens is 354 g/mol. The van der Waals surface area contributed by atoms with Crippen LogP contribution in [0.4, 0.5) is 11.4 Å². The molecule has 26 heavy (non-hydrogen) atoms. The molecule has 2 aromatic rings. The molecule has 6 nitrogen and oxygen atoms in total. The Kier molecular flexibility index (Phi) is 6.77. The minimum atomic E-state index is -0.587. The first kappa shape index (κ1) is 19.0. The number of hydrogen-bond acceptors (Lipinski definition) is 5. The first-order valence-electron chi connectivity index (χ1n) is 7.75. The highest BCUT2D eigenvalue weighted by atomic mass is 35.5. The molecule has 0 aromatic heterocycles. The van der Waals surface area contributed by atoms with Gasteiger partial charge in [0, 0.05) is 11.9 Å². The molecule has 0 fully saturated rings. The summed E-state index contributed by atoms with van der Waals surface area (Å²) in [5, 5.41) is 15.1. The first-order chi connectivity index (χ1) is 12.5. The molecule has 0 saturated heterocycles. The fourth-order valence-electron chi connectivity index (χ4n) is 1.98. The van der Waals surface area contributed by atoms with Crippen LogP contribution in [0.1, 0.15) is 17.3 Å². The summed E-state index contributed by atoms with van der Waals surface area (Å²) in [5.74, 6) is -1.03. The van der Waals surface area contributed by atoms with E-state index in [0.717, 1.165) is 0 Å². The molecule has 0 atom stereocenters. The third-order valence-corrected chi connectivity index (χ3v) is 3.59. The molecule has 0 aliphatic rings. The van der Waals surface area contributed by atoms with Gasteiger partial charge in [0.2, 0.25) is 0 Å². The molecule has 2 aromatic carbocycles. The van der Waals surface area contributed by atoms with E-state index in [0.29, 0.717) is 22.0 Å². The third kappa shape index (κ3) is 5.10. The molecule has 2 N–H and O–H groups in total. The van der Waals surface area contributed by atoms with E-state index in [2.05, 4.69) is 10.6 Å². The van der Waals surface area contributed by atoms with Gasteiger partial charge in [0.25, 0.3) is 5.91 Å². The van der Waals surface area contributed by atoms with Gasteiger partial charge in [-0.05, 0) is 43.3 Å². The fraction of sp³-hybridized carbons (Fsp3) is 0.105. The highest BCUT2D eigenvalue weighted by Gasteiger charge is 2.11. The standard InChI is InChI=1S/C19H16ClN3O3/c1-2-26-19(25)13-7-9-15(10-8-13)23-18(24)14(11-21)12-22-17-6-4-3-5-16(17)20/h3-10,12,22H,2H2,1H3,(H,23,24)/b14-12-. The quantitative estimate of drug-likeness (QED) is 0.456. The van der Waals surface area contributed by atoms with Crippen molar-refractivity contribution in [1.29, 1.82) is 5.26 Å². The number of benzene rings is 2. The number of carbonyl (C=O) groups excluding carboxylic acids is 2. The zero-order chi connectivity index (χ0) is 18.9. The van der Waals surface area contributed by atoms with Gasteiger partial charge in [0.15, 0.2) is 0 Å². The predicted octanol–water partition coefficient (Wildman–Crippen LogP) is 3.97. The molecule has 0 spiro atoms. The largest absolute Gasteiger partial charge is 0.462 e. The van der Waals surface area contributed by atoms with Gasteiger partial charge < -0.3 is 15.4 Å². The molecule has 0 heterocycles. The molecule has 0 aliphatic heterocycles. The summed E-state index contributed by atoms with van der Waals surface area (Å²) in [5.41, 5.74) is 1.27. The Balaban J connectivity index is 2.05. The van der Waals surface area contributed by atoms with Crippen molar-refractivity contribution >= 4 is 34.9 Å². The SMILES string of the molecule is CCOC(=O)c1ccc(NC(=O)/C(C#N)=C\Nc2ccccc2Cl)cc1. The number of anilines is 2. The molecular formula is C19H16ClN3O3. The van der Waals surface area contributed by atoms with Gasteiger partial charge in [0.1, 0.15) is 11.6 Å². The molecule has 0 saturated carbocycles. The number of para-hydroxylation sites is 1. The van der Waals surface area contributed by atoms with Crippen LogP contribution in [-0.4, -0.2) is 18.5 Å². The third-order valence-electron chi connectivity index (χ3n) is 3.26. The van der Waals surface area contributed by atoms with Gasteiger partial charge >= 0.3 is 5.97 Å². The lowest BCUT2D eigenvalue weighted by molar-refractivity contribution is -0.112. The van der Waals surface area contributed by atoms with E-state index in [9.17, 15) is 14.9 Å². The molecule has 0 aliphatic carbocycles. The van der Waals surface area contributed by atoms with E-state index in [1.165, 1.54) is 18.3 Å². The Morgan fingerprint density at radius 2 is 1.88 bits per heavy atom.